The number of amides is 1. The molecule has 1 rings (SSSR count). The van der Waals surface area contributed by atoms with Gasteiger partial charge in [0.25, 0.3) is 0 Å². The van der Waals surface area contributed by atoms with E-state index in [1.165, 1.54) is 6.92 Å². The number of carboxylic acids is 2. The molecule has 0 saturated carbocycles. The summed E-state index contributed by atoms with van der Waals surface area (Å²) in [6.45, 7) is 11.1. The van der Waals surface area contributed by atoms with Gasteiger partial charge in [-0.15, -0.1) is 13.2 Å². The summed E-state index contributed by atoms with van der Waals surface area (Å²) in [5.74, 6) is -3.84. The lowest BCUT2D eigenvalue weighted by Gasteiger charge is -2.34. The number of allylic oxidation sites excluding steroid dienone is 1. The van der Waals surface area contributed by atoms with E-state index in [0.717, 1.165) is 0 Å². The highest BCUT2D eigenvalue weighted by Gasteiger charge is 2.43. The first kappa shape index (κ1) is 28.3. The van der Waals surface area contributed by atoms with Crippen molar-refractivity contribution >= 4 is 17.8 Å². The summed E-state index contributed by atoms with van der Waals surface area (Å²) >= 11 is 0. The molecule has 1 aliphatic rings. The van der Waals surface area contributed by atoms with E-state index in [-0.39, 0.29) is 30.0 Å². The molecule has 5 atom stereocenters. The molecule has 0 aromatic carbocycles. The normalized spacial score (nSPS) is 22.7. The Bertz CT molecular complexity index is 666. The van der Waals surface area contributed by atoms with Gasteiger partial charge in [0.05, 0.1) is 18.8 Å². The van der Waals surface area contributed by atoms with Crippen LogP contribution in [-0.4, -0.2) is 65.1 Å². The molecule has 0 aliphatic carbocycles. The summed E-state index contributed by atoms with van der Waals surface area (Å²) in [6, 6.07) is -1.25. The molecule has 8 nitrogen and oxygen atoms in total. The number of ether oxygens (including phenoxy) is 1. The number of hydrogen-bond acceptors (Lipinski definition) is 5. The number of rotatable bonds is 10. The summed E-state index contributed by atoms with van der Waals surface area (Å²) in [5.41, 5.74) is 0. The first-order valence-corrected chi connectivity index (χ1v) is 9.41. The van der Waals surface area contributed by atoms with Gasteiger partial charge in [0.1, 0.15) is 6.04 Å². The van der Waals surface area contributed by atoms with Crippen molar-refractivity contribution in [2.24, 2.45) is 5.92 Å². The topological polar surface area (TPSA) is 125 Å². The lowest BCUT2D eigenvalue weighted by atomic mass is 9.89. The molecular formula is C20H29F3N2O6. The fourth-order valence-electron chi connectivity index (χ4n) is 3.15. The van der Waals surface area contributed by atoms with Crippen molar-refractivity contribution in [3.63, 3.8) is 0 Å². The highest BCUT2D eigenvalue weighted by atomic mass is 19.4. The molecule has 0 spiro atoms. The van der Waals surface area contributed by atoms with E-state index < -0.39 is 24.2 Å². The van der Waals surface area contributed by atoms with E-state index in [1.54, 1.807) is 12.2 Å². The Balaban J connectivity index is 0.00000110. The van der Waals surface area contributed by atoms with Gasteiger partial charge in [0.15, 0.2) is 0 Å². The summed E-state index contributed by atoms with van der Waals surface area (Å²) in [4.78, 5) is 32.0. The van der Waals surface area contributed by atoms with Crippen LogP contribution in [0.1, 0.15) is 26.7 Å². The standard InChI is InChI=1S/C18H28N2O4.C2HF3O2/c1-5-8-13-11-14(18(22)23)20-16(13)17(19-12(4)21)15(9-6-2)24-10-7-3;3-2(4,5)1(6)7/h5-8,13-17,20H,2-3,9-11H2,1,4H3,(H,19,21)(H,22,23);(H,6,7)/b8-5-;/t13-,14-,15+,16-,17+;/m1./s1. The molecule has 176 valence electrons. The van der Waals surface area contributed by atoms with Gasteiger partial charge < -0.3 is 20.3 Å². The van der Waals surface area contributed by atoms with Crippen LogP contribution in [0.2, 0.25) is 0 Å². The minimum atomic E-state index is -5.08. The molecule has 1 heterocycles. The van der Waals surface area contributed by atoms with Crippen LogP contribution < -0.4 is 10.6 Å². The Labute approximate surface area is 178 Å². The Kier molecular flexibility index (Phi) is 12.4. The summed E-state index contributed by atoms with van der Waals surface area (Å²) in [5, 5.41) is 22.5. The molecule has 31 heavy (non-hydrogen) atoms. The third kappa shape index (κ3) is 10.3. The Morgan fingerprint density at radius 3 is 2.23 bits per heavy atom. The van der Waals surface area contributed by atoms with Crippen LogP contribution in [0.3, 0.4) is 0 Å². The zero-order valence-electron chi connectivity index (χ0n) is 17.4. The van der Waals surface area contributed by atoms with Crippen LogP contribution in [0.5, 0.6) is 0 Å². The van der Waals surface area contributed by atoms with Crippen molar-refractivity contribution in [2.75, 3.05) is 6.61 Å². The maximum Gasteiger partial charge on any atom is 0.490 e. The zero-order valence-corrected chi connectivity index (χ0v) is 17.4. The van der Waals surface area contributed by atoms with E-state index in [0.29, 0.717) is 19.4 Å². The molecular weight excluding hydrogens is 421 g/mol. The number of aliphatic carboxylic acids is 2. The average molecular weight is 450 g/mol. The van der Waals surface area contributed by atoms with Crippen LogP contribution >= 0.6 is 0 Å². The van der Waals surface area contributed by atoms with Gasteiger partial charge in [-0.2, -0.15) is 13.2 Å². The molecule has 0 unspecified atom stereocenters. The van der Waals surface area contributed by atoms with E-state index in [4.69, 9.17) is 14.6 Å². The molecule has 11 heteroatoms. The van der Waals surface area contributed by atoms with E-state index in [1.807, 2.05) is 19.1 Å². The SMILES string of the molecule is C=CCO[C@@H](CC=C)[C@H](NC(C)=O)[C@@H]1N[C@@H](C(=O)O)C[C@H]1/C=C\C.O=C(O)C(F)(F)F. The van der Waals surface area contributed by atoms with E-state index in [2.05, 4.69) is 23.8 Å². The van der Waals surface area contributed by atoms with Crippen molar-refractivity contribution in [3.8, 4) is 0 Å². The second-order valence-corrected chi connectivity index (χ2v) is 6.72. The quantitative estimate of drug-likeness (QED) is 0.376. The minimum Gasteiger partial charge on any atom is -0.480 e. The van der Waals surface area contributed by atoms with Crippen LogP contribution in [-0.2, 0) is 19.1 Å². The predicted octanol–water partition coefficient (Wildman–Crippen LogP) is 2.28. The van der Waals surface area contributed by atoms with Crippen LogP contribution in [0, 0.1) is 5.92 Å². The van der Waals surface area contributed by atoms with Crippen molar-refractivity contribution < 1.29 is 42.5 Å². The average Bonchev–Trinajstić information content (AvgIpc) is 3.07. The van der Waals surface area contributed by atoms with E-state index in [9.17, 15) is 27.9 Å². The summed E-state index contributed by atoms with van der Waals surface area (Å²) < 4.78 is 37.5. The third-order valence-corrected chi connectivity index (χ3v) is 4.33. The highest BCUT2D eigenvalue weighted by molar-refractivity contribution is 5.75. The van der Waals surface area contributed by atoms with Gasteiger partial charge >= 0.3 is 18.1 Å². The Morgan fingerprint density at radius 2 is 1.84 bits per heavy atom. The van der Waals surface area contributed by atoms with Crippen molar-refractivity contribution in [1.82, 2.24) is 10.6 Å². The van der Waals surface area contributed by atoms with Crippen molar-refractivity contribution in [2.45, 2.75) is 57.1 Å². The summed E-state index contributed by atoms with van der Waals surface area (Å²) in [7, 11) is 0. The molecule has 1 amide bonds. The van der Waals surface area contributed by atoms with Gasteiger partial charge in [0.2, 0.25) is 5.91 Å². The Morgan fingerprint density at radius 1 is 1.26 bits per heavy atom. The zero-order chi connectivity index (χ0) is 24.2. The fraction of sp³-hybridized carbons (Fsp3) is 0.550. The van der Waals surface area contributed by atoms with Gasteiger partial charge in [0, 0.05) is 13.0 Å². The van der Waals surface area contributed by atoms with Crippen LogP contribution in [0.15, 0.2) is 37.5 Å². The lowest BCUT2D eigenvalue weighted by molar-refractivity contribution is -0.192. The molecule has 0 aromatic rings. The molecule has 4 N–H and O–H groups in total. The first-order valence-electron chi connectivity index (χ1n) is 9.41. The van der Waals surface area contributed by atoms with Gasteiger partial charge in [-0.25, -0.2) is 4.79 Å². The third-order valence-electron chi connectivity index (χ3n) is 4.33. The monoisotopic (exact) mass is 450 g/mol. The number of alkyl halides is 3. The van der Waals surface area contributed by atoms with Crippen LogP contribution in [0.4, 0.5) is 13.2 Å². The number of hydrogen-bond donors (Lipinski definition) is 4. The maximum atomic E-state index is 11.7. The second-order valence-electron chi connectivity index (χ2n) is 6.72. The summed E-state index contributed by atoms with van der Waals surface area (Å²) in [6.07, 6.45) is 2.88. The Hall–Kier alpha value is -2.66. The lowest BCUT2D eigenvalue weighted by Crippen LogP contribution is -2.57. The van der Waals surface area contributed by atoms with Crippen molar-refractivity contribution in [1.29, 1.82) is 0 Å². The molecule has 1 aliphatic heterocycles. The first-order chi connectivity index (χ1) is 14.4. The highest BCUT2D eigenvalue weighted by Crippen LogP contribution is 2.27. The number of halogens is 3. The number of carbonyl (C=O) groups excluding carboxylic acids is 1. The number of carbonyl (C=O) groups is 3. The van der Waals surface area contributed by atoms with Gasteiger partial charge in [-0.3, -0.25) is 14.9 Å². The van der Waals surface area contributed by atoms with Crippen molar-refractivity contribution in [3.05, 3.63) is 37.5 Å². The molecule has 1 fully saturated rings. The maximum absolute atomic E-state index is 11.7. The largest absolute Gasteiger partial charge is 0.490 e. The molecule has 0 bridgehead atoms. The molecule has 0 radical (unpaired) electrons. The minimum absolute atomic E-state index is 0.00686. The molecule has 0 aromatic heterocycles. The second kappa shape index (κ2) is 13.6. The van der Waals surface area contributed by atoms with Crippen LogP contribution in [0.25, 0.3) is 0 Å². The predicted molar refractivity (Wildman–Crippen MR) is 107 cm³/mol. The number of nitrogens with one attached hydrogen (secondary N) is 2. The smallest absolute Gasteiger partial charge is 0.480 e. The van der Waals surface area contributed by atoms with Gasteiger partial charge in [-0.05, 0) is 25.7 Å². The molecule has 1 saturated heterocycles. The van der Waals surface area contributed by atoms with Gasteiger partial charge in [-0.1, -0.05) is 24.3 Å². The number of carboxylic acid groups (broad SMARTS) is 2. The fourth-order valence-corrected chi connectivity index (χ4v) is 3.15. The van der Waals surface area contributed by atoms with E-state index >= 15 is 0 Å².